The molecule has 0 saturated carbocycles. The molecule has 16 heavy (non-hydrogen) atoms. The van der Waals surface area contributed by atoms with Gasteiger partial charge in [0.1, 0.15) is 0 Å². The average molecular weight is 220 g/mol. The lowest BCUT2D eigenvalue weighted by atomic mass is 10.1. The van der Waals surface area contributed by atoms with E-state index in [9.17, 15) is 4.79 Å². The van der Waals surface area contributed by atoms with E-state index in [0.29, 0.717) is 6.42 Å². The normalized spacial score (nSPS) is 12.1. The Morgan fingerprint density at radius 2 is 2.00 bits per heavy atom. The topological polar surface area (TPSA) is 55.1 Å². The van der Waals surface area contributed by atoms with E-state index in [1.165, 1.54) is 0 Å². The van der Waals surface area contributed by atoms with Gasteiger partial charge in [0, 0.05) is 11.7 Å². The summed E-state index contributed by atoms with van der Waals surface area (Å²) >= 11 is 0. The molecule has 0 aliphatic heterocycles. The molecule has 0 heterocycles. The Kier molecular flexibility index (Phi) is 4.83. The fourth-order valence-electron chi connectivity index (χ4n) is 1.65. The SMILES string of the molecule is CCCC(C)NC(=O)Cc1ccc(N)cc1. The predicted octanol–water partition coefficient (Wildman–Crippen LogP) is 2.12. The van der Waals surface area contributed by atoms with Crippen molar-refractivity contribution in [2.45, 2.75) is 39.2 Å². The van der Waals surface area contributed by atoms with Crippen LogP contribution < -0.4 is 11.1 Å². The van der Waals surface area contributed by atoms with E-state index in [-0.39, 0.29) is 11.9 Å². The number of nitrogens with two attached hydrogens (primary N) is 1. The van der Waals surface area contributed by atoms with Gasteiger partial charge in [-0.2, -0.15) is 0 Å². The molecule has 1 amide bonds. The smallest absolute Gasteiger partial charge is 0.224 e. The van der Waals surface area contributed by atoms with Crippen LogP contribution in [0.5, 0.6) is 0 Å². The van der Waals surface area contributed by atoms with Crippen molar-refractivity contribution in [3.8, 4) is 0 Å². The maximum atomic E-state index is 11.6. The Morgan fingerprint density at radius 1 is 1.38 bits per heavy atom. The van der Waals surface area contributed by atoms with Crippen LogP contribution in [0.2, 0.25) is 0 Å². The molecule has 1 unspecified atom stereocenters. The molecule has 0 fully saturated rings. The maximum absolute atomic E-state index is 11.6. The lowest BCUT2D eigenvalue weighted by Gasteiger charge is -2.12. The first-order valence-electron chi connectivity index (χ1n) is 5.75. The molecule has 1 aromatic carbocycles. The number of carbonyl (C=O) groups excluding carboxylic acids is 1. The first kappa shape index (κ1) is 12.6. The highest BCUT2D eigenvalue weighted by molar-refractivity contribution is 5.78. The van der Waals surface area contributed by atoms with Crippen LogP contribution in [0, 0.1) is 0 Å². The quantitative estimate of drug-likeness (QED) is 0.747. The van der Waals surface area contributed by atoms with E-state index < -0.39 is 0 Å². The maximum Gasteiger partial charge on any atom is 0.224 e. The summed E-state index contributed by atoms with van der Waals surface area (Å²) in [6.45, 7) is 4.15. The fourth-order valence-corrected chi connectivity index (χ4v) is 1.65. The molecular formula is C13H20N2O. The molecule has 1 rings (SSSR count). The summed E-state index contributed by atoms with van der Waals surface area (Å²) in [5.41, 5.74) is 7.30. The number of carbonyl (C=O) groups is 1. The van der Waals surface area contributed by atoms with Crippen molar-refractivity contribution in [3.63, 3.8) is 0 Å². The van der Waals surface area contributed by atoms with Gasteiger partial charge >= 0.3 is 0 Å². The van der Waals surface area contributed by atoms with Crippen LogP contribution >= 0.6 is 0 Å². The Hall–Kier alpha value is -1.51. The molecule has 0 bridgehead atoms. The lowest BCUT2D eigenvalue weighted by Crippen LogP contribution is -2.33. The number of nitrogen functional groups attached to an aromatic ring is 1. The van der Waals surface area contributed by atoms with E-state index in [1.54, 1.807) is 0 Å². The number of benzene rings is 1. The zero-order valence-electron chi connectivity index (χ0n) is 9.99. The fraction of sp³-hybridized carbons (Fsp3) is 0.462. The number of amides is 1. The van der Waals surface area contributed by atoms with Crippen LogP contribution in [-0.2, 0) is 11.2 Å². The van der Waals surface area contributed by atoms with Crippen LogP contribution in [0.3, 0.4) is 0 Å². The van der Waals surface area contributed by atoms with Gasteiger partial charge in [-0.3, -0.25) is 4.79 Å². The number of anilines is 1. The Labute approximate surface area is 97.0 Å². The van der Waals surface area contributed by atoms with Crippen LogP contribution in [-0.4, -0.2) is 11.9 Å². The van der Waals surface area contributed by atoms with E-state index in [4.69, 9.17) is 5.73 Å². The van der Waals surface area contributed by atoms with E-state index in [1.807, 2.05) is 31.2 Å². The lowest BCUT2D eigenvalue weighted by molar-refractivity contribution is -0.121. The molecule has 0 aliphatic rings. The molecule has 1 aromatic rings. The summed E-state index contributed by atoms with van der Waals surface area (Å²) in [5, 5.41) is 2.97. The second-order valence-electron chi connectivity index (χ2n) is 4.18. The molecule has 0 spiro atoms. The van der Waals surface area contributed by atoms with Gasteiger partial charge in [-0.1, -0.05) is 25.5 Å². The van der Waals surface area contributed by atoms with E-state index in [0.717, 1.165) is 24.1 Å². The largest absolute Gasteiger partial charge is 0.399 e. The van der Waals surface area contributed by atoms with Crippen molar-refractivity contribution in [1.29, 1.82) is 0 Å². The van der Waals surface area contributed by atoms with Crippen molar-refractivity contribution in [1.82, 2.24) is 5.32 Å². The predicted molar refractivity (Wildman–Crippen MR) is 67.1 cm³/mol. The molecule has 0 aromatic heterocycles. The molecular weight excluding hydrogens is 200 g/mol. The van der Waals surface area contributed by atoms with Crippen LogP contribution in [0.4, 0.5) is 5.69 Å². The molecule has 0 saturated heterocycles. The summed E-state index contributed by atoms with van der Waals surface area (Å²) in [6.07, 6.45) is 2.53. The van der Waals surface area contributed by atoms with Crippen molar-refractivity contribution in [2.75, 3.05) is 5.73 Å². The van der Waals surface area contributed by atoms with E-state index in [2.05, 4.69) is 12.2 Å². The van der Waals surface area contributed by atoms with Crippen molar-refractivity contribution in [2.24, 2.45) is 0 Å². The third kappa shape index (κ3) is 4.34. The van der Waals surface area contributed by atoms with Crippen LogP contribution in [0.25, 0.3) is 0 Å². The number of hydrogen-bond acceptors (Lipinski definition) is 2. The third-order valence-electron chi connectivity index (χ3n) is 2.47. The van der Waals surface area contributed by atoms with Crippen LogP contribution in [0.1, 0.15) is 32.3 Å². The zero-order valence-corrected chi connectivity index (χ0v) is 9.99. The van der Waals surface area contributed by atoms with Gasteiger partial charge in [-0.05, 0) is 31.0 Å². The first-order valence-corrected chi connectivity index (χ1v) is 5.75. The summed E-state index contributed by atoms with van der Waals surface area (Å²) in [7, 11) is 0. The zero-order chi connectivity index (χ0) is 12.0. The summed E-state index contributed by atoms with van der Waals surface area (Å²) < 4.78 is 0. The molecule has 1 atom stereocenters. The van der Waals surface area contributed by atoms with Gasteiger partial charge in [0.05, 0.1) is 6.42 Å². The minimum Gasteiger partial charge on any atom is -0.399 e. The first-order chi connectivity index (χ1) is 7.61. The highest BCUT2D eigenvalue weighted by Crippen LogP contribution is 2.06. The Balaban J connectivity index is 2.42. The van der Waals surface area contributed by atoms with Gasteiger partial charge in [0.25, 0.3) is 0 Å². The van der Waals surface area contributed by atoms with Crippen molar-refractivity contribution >= 4 is 11.6 Å². The standard InChI is InChI=1S/C13H20N2O/c1-3-4-10(2)15-13(16)9-11-5-7-12(14)8-6-11/h5-8,10H,3-4,9,14H2,1-2H3,(H,15,16). The van der Waals surface area contributed by atoms with Gasteiger partial charge in [0.15, 0.2) is 0 Å². The van der Waals surface area contributed by atoms with Crippen molar-refractivity contribution < 1.29 is 4.79 Å². The van der Waals surface area contributed by atoms with Crippen LogP contribution in [0.15, 0.2) is 24.3 Å². The Bertz CT molecular complexity index is 332. The molecule has 0 radical (unpaired) electrons. The second-order valence-corrected chi connectivity index (χ2v) is 4.18. The molecule has 3 heteroatoms. The summed E-state index contributed by atoms with van der Waals surface area (Å²) in [6, 6.07) is 7.67. The van der Waals surface area contributed by atoms with Gasteiger partial charge in [0.2, 0.25) is 5.91 Å². The minimum absolute atomic E-state index is 0.0747. The Morgan fingerprint density at radius 3 is 2.56 bits per heavy atom. The van der Waals surface area contributed by atoms with Crippen molar-refractivity contribution in [3.05, 3.63) is 29.8 Å². The summed E-state index contributed by atoms with van der Waals surface area (Å²) in [5.74, 6) is 0.0747. The van der Waals surface area contributed by atoms with Gasteiger partial charge in [-0.15, -0.1) is 0 Å². The number of hydrogen-bond donors (Lipinski definition) is 2. The average Bonchev–Trinajstić information content (AvgIpc) is 2.21. The second kappa shape index (κ2) is 6.16. The monoisotopic (exact) mass is 220 g/mol. The van der Waals surface area contributed by atoms with Gasteiger partial charge in [-0.25, -0.2) is 0 Å². The molecule has 3 nitrogen and oxygen atoms in total. The van der Waals surface area contributed by atoms with Gasteiger partial charge < -0.3 is 11.1 Å². The molecule has 0 aliphatic carbocycles. The number of nitrogens with one attached hydrogen (secondary N) is 1. The highest BCUT2D eigenvalue weighted by atomic mass is 16.1. The highest BCUT2D eigenvalue weighted by Gasteiger charge is 2.06. The molecule has 3 N–H and O–H groups in total. The third-order valence-corrected chi connectivity index (χ3v) is 2.47. The molecule has 88 valence electrons. The number of rotatable bonds is 5. The minimum atomic E-state index is 0.0747. The van der Waals surface area contributed by atoms with E-state index >= 15 is 0 Å². The summed E-state index contributed by atoms with van der Waals surface area (Å²) in [4.78, 5) is 11.6.